The Bertz CT molecular complexity index is 1560. The molecule has 42 heavy (non-hydrogen) atoms. The van der Waals surface area contributed by atoms with Crippen LogP contribution in [-0.2, 0) is 11.2 Å². The number of carbonyl (C=O) groups excluding carboxylic acids is 1. The van der Waals surface area contributed by atoms with Gasteiger partial charge in [-0.2, -0.15) is 15.2 Å². The lowest BCUT2D eigenvalue weighted by atomic mass is 10.0. The summed E-state index contributed by atoms with van der Waals surface area (Å²) in [5, 5.41) is 9.46. The van der Waals surface area contributed by atoms with Crippen LogP contribution >= 0.6 is 11.8 Å². The number of thioether (sulfide) groups is 1. The molecule has 1 aromatic carbocycles. The minimum atomic E-state index is -1.03. The van der Waals surface area contributed by atoms with E-state index in [0.29, 0.717) is 42.6 Å². The van der Waals surface area contributed by atoms with E-state index >= 15 is 0 Å². The summed E-state index contributed by atoms with van der Waals surface area (Å²) in [7, 11) is 2.10. The summed E-state index contributed by atoms with van der Waals surface area (Å²) in [5.41, 5.74) is 4.78. The number of likely N-dealkylation sites (N-methyl/N-ethyl adjacent to an activating group) is 1. The van der Waals surface area contributed by atoms with Gasteiger partial charge < -0.3 is 19.4 Å². The molecule has 0 spiro atoms. The smallest absolute Gasteiger partial charge is 0.319 e. The van der Waals surface area contributed by atoms with E-state index in [-0.39, 0.29) is 19.0 Å². The largest absolute Gasteiger partial charge is 0.462 e. The first-order valence-electron chi connectivity index (χ1n) is 14.5. The quantitative estimate of drug-likeness (QED) is 0.367. The van der Waals surface area contributed by atoms with Crippen LogP contribution in [0, 0.1) is 11.3 Å². The van der Waals surface area contributed by atoms with E-state index < -0.39 is 17.8 Å². The molecule has 0 saturated carbocycles. The highest BCUT2D eigenvalue weighted by atomic mass is 32.2. The lowest BCUT2D eigenvalue weighted by Crippen LogP contribution is -2.55. The number of nitriles is 1. The molecule has 6 rings (SSSR count). The number of aromatic nitrogens is 3. The molecule has 3 aliphatic rings. The van der Waals surface area contributed by atoms with Gasteiger partial charge >= 0.3 is 6.01 Å². The first kappa shape index (κ1) is 28.4. The van der Waals surface area contributed by atoms with Gasteiger partial charge in [-0.15, -0.1) is 11.8 Å². The molecular formula is C31H34FN7O2S. The van der Waals surface area contributed by atoms with Crippen LogP contribution in [0.25, 0.3) is 22.2 Å². The van der Waals surface area contributed by atoms with Crippen LogP contribution in [0.2, 0.25) is 0 Å². The van der Waals surface area contributed by atoms with Gasteiger partial charge in [0.25, 0.3) is 5.91 Å². The number of halogens is 1. The van der Waals surface area contributed by atoms with E-state index in [1.807, 2.05) is 28.9 Å². The number of likely N-dealkylation sites (tertiary alicyclic amines) is 1. The fourth-order valence-electron chi connectivity index (χ4n) is 6.14. The monoisotopic (exact) mass is 587 g/mol. The summed E-state index contributed by atoms with van der Waals surface area (Å²) < 4.78 is 20.0. The molecule has 0 aliphatic carbocycles. The van der Waals surface area contributed by atoms with Crippen LogP contribution in [0.4, 0.5) is 10.2 Å². The molecule has 9 nitrogen and oxygen atoms in total. The van der Waals surface area contributed by atoms with E-state index in [2.05, 4.69) is 42.8 Å². The number of anilines is 1. The Morgan fingerprint density at radius 2 is 2.12 bits per heavy atom. The van der Waals surface area contributed by atoms with Gasteiger partial charge in [0.1, 0.15) is 12.1 Å². The Morgan fingerprint density at radius 1 is 1.24 bits per heavy atom. The molecular weight excluding hydrogens is 553 g/mol. The maximum absolute atomic E-state index is 13.8. The molecule has 218 valence electrons. The Kier molecular flexibility index (Phi) is 8.27. The van der Waals surface area contributed by atoms with E-state index in [0.717, 1.165) is 42.7 Å². The molecule has 3 aromatic rings. The molecule has 11 heteroatoms. The molecule has 2 atom stereocenters. The standard InChI is InChI=1S/C31H34FN7O2S/c1-20(32)30(40)39-14-13-38(18-23(39)10-11-33)29-27-26(35-31(36-29)41-19-24-8-4-12-37(24)2)16-22(17-34-27)25-9-3-6-21-7-5-15-42-28(21)25/h3,6,9,16-17,23-24H,1,4-5,7-8,10,12-15,18-19H2,2H3/t23-,24-/m0/s1. The number of pyridine rings is 1. The van der Waals surface area contributed by atoms with Gasteiger partial charge in [0.05, 0.1) is 24.0 Å². The average molecular weight is 588 g/mol. The Balaban J connectivity index is 1.38. The number of amides is 1. The summed E-state index contributed by atoms with van der Waals surface area (Å²) in [6.45, 7) is 5.61. The third kappa shape index (κ3) is 5.65. The van der Waals surface area contributed by atoms with E-state index in [1.54, 1.807) is 0 Å². The maximum atomic E-state index is 13.8. The van der Waals surface area contributed by atoms with E-state index in [1.165, 1.54) is 21.8 Å². The molecule has 2 saturated heterocycles. The molecule has 0 N–H and O–H groups in total. The third-order valence-corrected chi connectivity index (χ3v) is 9.68. The number of ether oxygens (including phenoxy) is 1. The van der Waals surface area contributed by atoms with Crippen molar-refractivity contribution >= 4 is 34.5 Å². The van der Waals surface area contributed by atoms with Crippen LogP contribution in [0.5, 0.6) is 6.01 Å². The number of hydrogen-bond donors (Lipinski definition) is 0. The highest BCUT2D eigenvalue weighted by molar-refractivity contribution is 7.99. The Hall–Kier alpha value is -3.75. The van der Waals surface area contributed by atoms with Crippen molar-refractivity contribution in [1.29, 1.82) is 5.26 Å². The number of piperazine rings is 1. The molecule has 2 aromatic heterocycles. The Morgan fingerprint density at radius 3 is 2.90 bits per heavy atom. The van der Waals surface area contributed by atoms with Gasteiger partial charge in [-0.25, -0.2) is 4.39 Å². The molecule has 0 unspecified atom stereocenters. The van der Waals surface area contributed by atoms with Crippen LogP contribution in [0.3, 0.4) is 0 Å². The number of aryl methyl sites for hydroxylation is 1. The maximum Gasteiger partial charge on any atom is 0.319 e. The first-order chi connectivity index (χ1) is 20.4. The van der Waals surface area contributed by atoms with Crippen molar-refractivity contribution in [3.63, 3.8) is 0 Å². The van der Waals surface area contributed by atoms with Crippen molar-refractivity contribution in [3.8, 4) is 23.2 Å². The summed E-state index contributed by atoms with van der Waals surface area (Å²) in [6.07, 6.45) is 6.37. The lowest BCUT2D eigenvalue weighted by Gasteiger charge is -2.41. The highest BCUT2D eigenvalue weighted by Gasteiger charge is 2.33. The predicted molar refractivity (Wildman–Crippen MR) is 161 cm³/mol. The molecule has 3 aliphatic heterocycles. The SMILES string of the molecule is C=C(F)C(=O)N1CCN(c2nc(OC[C@@H]3CCCN3C)nc3cc(-c4cccc5c4SCCC5)cnc23)C[C@@H]1CC#N. The van der Waals surface area contributed by atoms with Crippen LogP contribution in [0.1, 0.15) is 31.2 Å². The summed E-state index contributed by atoms with van der Waals surface area (Å²) in [5.74, 6) is -0.125. The number of rotatable bonds is 7. The summed E-state index contributed by atoms with van der Waals surface area (Å²) in [6, 6.07) is 10.7. The second-order valence-electron chi connectivity index (χ2n) is 11.1. The second kappa shape index (κ2) is 12.2. The van der Waals surface area contributed by atoms with E-state index in [4.69, 9.17) is 19.7 Å². The predicted octanol–water partition coefficient (Wildman–Crippen LogP) is 4.62. The van der Waals surface area contributed by atoms with Gasteiger partial charge in [-0.05, 0) is 62.2 Å². The number of fused-ring (bicyclic) bond motifs is 2. The van der Waals surface area contributed by atoms with Gasteiger partial charge in [-0.3, -0.25) is 9.78 Å². The van der Waals surface area contributed by atoms with Gasteiger partial charge in [0.2, 0.25) is 0 Å². The van der Waals surface area contributed by atoms with Gasteiger partial charge in [0.15, 0.2) is 11.6 Å². The second-order valence-corrected chi connectivity index (χ2v) is 12.2. The number of carbonyl (C=O) groups is 1. The van der Waals surface area contributed by atoms with Crippen molar-refractivity contribution in [3.05, 3.63) is 48.4 Å². The molecule has 0 radical (unpaired) electrons. The van der Waals surface area contributed by atoms with Crippen molar-refractivity contribution in [2.75, 3.05) is 50.5 Å². The lowest BCUT2D eigenvalue weighted by molar-refractivity contribution is -0.131. The third-order valence-electron chi connectivity index (χ3n) is 8.42. The topological polar surface area (TPSA) is 98.5 Å². The van der Waals surface area contributed by atoms with Crippen LogP contribution in [0.15, 0.2) is 47.8 Å². The van der Waals surface area contributed by atoms with Crippen molar-refractivity contribution in [2.45, 2.75) is 49.1 Å². The number of benzene rings is 1. The minimum absolute atomic E-state index is 0.0598. The Labute approximate surface area is 249 Å². The summed E-state index contributed by atoms with van der Waals surface area (Å²) >= 11 is 1.89. The minimum Gasteiger partial charge on any atom is -0.462 e. The molecule has 1 amide bonds. The number of nitrogens with zero attached hydrogens (tertiary/aromatic N) is 7. The number of hydrogen-bond acceptors (Lipinski definition) is 9. The molecule has 2 fully saturated rings. The van der Waals surface area contributed by atoms with Crippen molar-refractivity contribution < 1.29 is 13.9 Å². The van der Waals surface area contributed by atoms with E-state index in [9.17, 15) is 14.4 Å². The van der Waals surface area contributed by atoms with Crippen molar-refractivity contribution in [1.82, 2.24) is 24.8 Å². The molecule has 0 bridgehead atoms. The van der Waals surface area contributed by atoms with Gasteiger partial charge in [-0.1, -0.05) is 24.8 Å². The zero-order chi connectivity index (χ0) is 29.2. The zero-order valence-electron chi connectivity index (χ0n) is 23.8. The van der Waals surface area contributed by atoms with Gasteiger partial charge in [0, 0.05) is 42.3 Å². The first-order valence-corrected chi connectivity index (χ1v) is 15.4. The van der Waals surface area contributed by atoms with Crippen LogP contribution in [-0.4, -0.2) is 88.3 Å². The van der Waals surface area contributed by atoms with Crippen LogP contribution < -0.4 is 9.64 Å². The fourth-order valence-corrected chi connectivity index (χ4v) is 7.33. The molecule has 5 heterocycles. The average Bonchev–Trinajstić information content (AvgIpc) is 3.43. The zero-order valence-corrected chi connectivity index (χ0v) is 24.6. The normalized spacial score (nSPS) is 20.8. The summed E-state index contributed by atoms with van der Waals surface area (Å²) in [4.78, 5) is 33.9. The fraction of sp³-hybridized carbons (Fsp3) is 0.452. The highest BCUT2D eigenvalue weighted by Crippen LogP contribution is 2.39. The van der Waals surface area contributed by atoms with Crippen molar-refractivity contribution in [2.24, 2.45) is 0 Å².